The molecule has 0 aliphatic carbocycles. The molecule has 1 unspecified atom stereocenters. The maximum atomic E-state index is 13.1. The van der Waals surface area contributed by atoms with E-state index in [1.54, 1.807) is 11.9 Å². The highest BCUT2D eigenvalue weighted by atomic mass is 35.5. The molecule has 8 heteroatoms. The Balaban J connectivity index is 1.62. The van der Waals surface area contributed by atoms with Crippen molar-refractivity contribution in [3.63, 3.8) is 0 Å². The van der Waals surface area contributed by atoms with Crippen LogP contribution in [0.3, 0.4) is 0 Å². The molecular formula is C20H23ClN4O3. The van der Waals surface area contributed by atoms with Gasteiger partial charge in [-0.2, -0.15) is 0 Å². The Labute approximate surface area is 168 Å². The molecule has 1 amide bonds. The third kappa shape index (κ3) is 3.40. The second-order valence-corrected chi connectivity index (χ2v) is 7.67. The van der Waals surface area contributed by atoms with Gasteiger partial charge in [0.25, 0.3) is 5.56 Å². The van der Waals surface area contributed by atoms with Gasteiger partial charge in [0.1, 0.15) is 11.6 Å². The van der Waals surface area contributed by atoms with E-state index >= 15 is 0 Å². The fourth-order valence-electron chi connectivity index (χ4n) is 3.89. The Morgan fingerprint density at radius 3 is 2.82 bits per heavy atom. The smallest absolute Gasteiger partial charge is 0.255 e. The number of hydrogen-bond donors (Lipinski definition) is 0. The average Bonchev–Trinajstić information content (AvgIpc) is 3.03. The van der Waals surface area contributed by atoms with Crippen molar-refractivity contribution < 1.29 is 9.53 Å². The number of morpholine rings is 1. The van der Waals surface area contributed by atoms with E-state index in [9.17, 15) is 9.59 Å². The van der Waals surface area contributed by atoms with Crippen LogP contribution in [0.1, 0.15) is 18.3 Å². The minimum Gasteiger partial charge on any atom is -0.378 e. The molecule has 0 N–H and O–H groups in total. The van der Waals surface area contributed by atoms with Crippen molar-refractivity contribution >= 4 is 29.0 Å². The zero-order valence-corrected chi connectivity index (χ0v) is 16.8. The standard InChI is InChI=1S/C20H23ClN4O3/c1-13-10-14-15(21)4-3-5-16(14)25(13)20(27)11-17-22-18(12-19(26)23(17)2)24-6-8-28-9-7-24/h3-5,12-13H,6-11H2,1-2H3. The van der Waals surface area contributed by atoms with Gasteiger partial charge in [0, 0.05) is 43.0 Å². The molecule has 1 aromatic heterocycles. The molecule has 0 spiro atoms. The van der Waals surface area contributed by atoms with Crippen LogP contribution in [0.2, 0.25) is 5.02 Å². The molecule has 148 valence electrons. The first-order chi connectivity index (χ1) is 13.5. The van der Waals surface area contributed by atoms with Crippen molar-refractivity contribution in [2.75, 3.05) is 36.1 Å². The first kappa shape index (κ1) is 19.0. The lowest BCUT2D eigenvalue weighted by molar-refractivity contribution is -0.118. The molecule has 1 aromatic carbocycles. The highest BCUT2D eigenvalue weighted by molar-refractivity contribution is 6.32. The number of carbonyl (C=O) groups excluding carboxylic acids is 1. The molecule has 1 atom stereocenters. The predicted molar refractivity (Wildman–Crippen MR) is 108 cm³/mol. The van der Waals surface area contributed by atoms with Crippen molar-refractivity contribution in [2.45, 2.75) is 25.8 Å². The van der Waals surface area contributed by atoms with Crippen LogP contribution in [-0.4, -0.2) is 47.8 Å². The van der Waals surface area contributed by atoms with Gasteiger partial charge < -0.3 is 14.5 Å². The zero-order valence-electron chi connectivity index (χ0n) is 16.0. The summed E-state index contributed by atoms with van der Waals surface area (Å²) in [5.74, 6) is 0.976. The Hall–Kier alpha value is -2.38. The fourth-order valence-corrected chi connectivity index (χ4v) is 4.13. The third-order valence-electron chi connectivity index (χ3n) is 5.42. The maximum Gasteiger partial charge on any atom is 0.255 e. The summed E-state index contributed by atoms with van der Waals surface area (Å²) in [5.41, 5.74) is 1.67. The summed E-state index contributed by atoms with van der Waals surface area (Å²) in [6.45, 7) is 4.58. The summed E-state index contributed by atoms with van der Waals surface area (Å²) in [6.07, 6.45) is 0.779. The summed E-state index contributed by atoms with van der Waals surface area (Å²) in [7, 11) is 1.65. The molecule has 2 aliphatic heterocycles. The minimum atomic E-state index is -0.169. The van der Waals surface area contributed by atoms with Crippen LogP contribution in [0.4, 0.5) is 11.5 Å². The van der Waals surface area contributed by atoms with Crippen molar-refractivity contribution in [2.24, 2.45) is 7.05 Å². The van der Waals surface area contributed by atoms with E-state index in [0.29, 0.717) is 43.0 Å². The van der Waals surface area contributed by atoms with E-state index in [2.05, 4.69) is 4.98 Å². The molecule has 4 rings (SSSR count). The van der Waals surface area contributed by atoms with Crippen molar-refractivity contribution in [1.29, 1.82) is 0 Å². The number of ether oxygens (including phenoxy) is 1. The number of nitrogens with zero attached hydrogens (tertiary/aromatic N) is 4. The Morgan fingerprint density at radius 2 is 2.07 bits per heavy atom. The lowest BCUT2D eigenvalue weighted by Crippen LogP contribution is -2.40. The Bertz CT molecular complexity index is 968. The van der Waals surface area contributed by atoms with Gasteiger partial charge in [0.05, 0.1) is 19.6 Å². The van der Waals surface area contributed by atoms with Crippen LogP contribution >= 0.6 is 11.6 Å². The average molecular weight is 403 g/mol. The first-order valence-corrected chi connectivity index (χ1v) is 9.82. The zero-order chi connectivity index (χ0) is 19.8. The summed E-state index contributed by atoms with van der Waals surface area (Å²) < 4.78 is 6.81. The number of benzene rings is 1. The van der Waals surface area contributed by atoms with Gasteiger partial charge in [-0.25, -0.2) is 4.98 Å². The van der Waals surface area contributed by atoms with Crippen LogP contribution in [0.15, 0.2) is 29.1 Å². The number of amides is 1. The molecule has 28 heavy (non-hydrogen) atoms. The predicted octanol–water partition coefficient (Wildman–Crippen LogP) is 1.79. The van der Waals surface area contributed by atoms with Crippen molar-refractivity contribution in [1.82, 2.24) is 9.55 Å². The molecule has 2 aromatic rings. The van der Waals surface area contributed by atoms with Gasteiger partial charge in [0.15, 0.2) is 0 Å². The second kappa shape index (κ2) is 7.56. The number of anilines is 2. The molecule has 0 radical (unpaired) electrons. The number of hydrogen-bond acceptors (Lipinski definition) is 5. The number of aromatic nitrogens is 2. The molecule has 7 nitrogen and oxygen atoms in total. The van der Waals surface area contributed by atoms with E-state index in [0.717, 1.165) is 17.7 Å². The van der Waals surface area contributed by atoms with Crippen LogP contribution in [-0.2, 0) is 29.4 Å². The van der Waals surface area contributed by atoms with Gasteiger partial charge >= 0.3 is 0 Å². The van der Waals surface area contributed by atoms with Crippen LogP contribution in [0, 0.1) is 0 Å². The van der Waals surface area contributed by atoms with E-state index < -0.39 is 0 Å². The minimum absolute atomic E-state index is 0.0156. The van der Waals surface area contributed by atoms with E-state index in [1.807, 2.05) is 30.0 Å². The molecule has 0 saturated carbocycles. The third-order valence-corrected chi connectivity index (χ3v) is 5.78. The van der Waals surface area contributed by atoms with Gasteiger partial charge in [0.2, 0.25) is 5.91 Å². The highest BCUT2D eigenvalue weighted by Crippen LogP contribution is 2.36. The number of rotatable bonds is 3. The quantitative estimate of drug-likeness (QED) is 0.783. The van der Waals surface area contributed by atoms with Crippen molar-refractivity contribution in [3.05, 3.63) is 51.0 Å². The fraction of sp³-hybridized carbons (Fsp3) is 0.450. The van der Waals surface area contributed by atoms with Gasteiger partial charge in [-0.05, 0) is 31.0 Å². The number of halogens is 1. The molecule has 2 aliphatic rings. The van der Waals surface area contributed by atoms with Crippen molar-refractivity contribution in [3.8, 4) is 0 Å². The largest absolute Gasteiger partial charge is 0.378 e. The maximum absolute atomic E-state index is 13.1. The normalized spacial score (nSPS) is 19.0. The van der Waals surface area contributed by atoms with E-state index in [-0.39, 0.29) is 23.9 Å². The lowest BCUT2D eigenvalue weighted by atomic mass is 10.1. The molecular weight excluding hydrogens is 380 g/mol. The topological polar surface area (TPSA) is 67.7 Å². The Kier molecular flexibility index (Phi) is 5.12. The van der Waals surface area contributed by atoms with Crippen LogP contribution in [0.25, 0.3) is 0 Å². The summed E-state index contributed by atoms with van der Waals surface area (Å²) in [6, 6.07) is 7.15. The van der Waals surface area contributed by atoms with Gasteiger partial charge in [-0.15, -0.1) is 0 Å². The molecule has 1 saturated heterocycles. The summed E-state index contributed by atoms with van der Waals surface area (Å²) in [4.78, 5) is 34.0. The van der Waals surface area contributed by atoms with Crippen LogP contribution < -0.4 is 15.4 Å². The monoisotopic (exact) mass is 402 g/mol. The summed E-state index contributed by atoms with van der Waals surface area (Å²) in [5, 5.41) is 0.680. The number of fused-ring (bicyclic) bond motifs is 1. The molecule has 0 bridgehead atoms. The summed E-state index contributed by atoms with van der Waals surface area (Å²) >= 11 is 6.31. The number of carbonyl (C=O) groups is 1. The SMILES string of the molecule is CC1Cc2c(Cl)cccc2N1C(=O)Cc1nc(N2CCOCC2)cc(=O)n1C. The van der Waals surface area contributed by atoms with Crippen LogP contribution in [0.5, 0.6) is 0 Å². The molecule has 3 heterocycles. The Morgan fingerprint density at radius 1 is 1.32 bits per heavy atom. The van der Waals surface area contributed by atoms with E-state index in [1.165, 1.54) is 10.6 Å². The first-order valence-electron chi connectivity index (χ1n) is 9.45. The molecule has 1 fully saturated rings. The van der Waals surface area contributed by atoms with E-state index in [4.69, 9.17) is 16.3 Å². The second-order valence-electron chi connectivity index (χ2n) is 7.26. The van der Waals surface area contributed by atoms with Gasteiger partial charge in [-0.1, -0.05) is 17.7 Å². The lowest BCUT2D eigenvalue weighted by Gasteiger charge is -2.28. The van der Waals surface area contributed by atoms with Gasteiger partial charge in [-0.3, -0.25) is 14.2 Å². The highest BCUT2D eigenvalue weighted by Gasteiger charge is 2.32.